The largest absolute Gasteiger partial charge is 0.303 e. The van der Waals surface area contributed by atoms with Crippen LogP contribution in [0.5, 0.6) is 0 Å². The molecule has 1 atom stereocenters. The van der Waals surface area contributed by atoms with Crippen LogP contribution >= 0.6 is 0 Å². The Balaban J connectivity index is 3.02. The topological polar surface area (TPSA) is 17.1 Å². The fourth-order valence-electron chi connectivity index (χ4n) is 1.29. The molecule has 1 unspecified atom stereocenters. The van der Waals surface area contributed by atoms with Gasteiger partial charge in [-0.05, 0) is 31.0 Å². The van der Waals surface area contributed by atoms with Crippen LogP contribution in [0.3, 0.4) is 0 Å². The average molecular weight is 198 g/mol. The molecular weight excluding hydrogens is 186 g/mol. The summed E-state index contributed by atoms with van der Waals surface area (Å²) in [6.45, 7) is 3.25. The third kappa shape index (κ3) is 2.37. The molecule has 0 fully saturated rings. The minimum Gasteiger partial charge on any atom is -0.303 e. The average Bonchev–Trinajstić information content (AvgIpc) is 2.10. The number of hydrogen-bond acceptors (Lipinski definition) is 1. The standard InChI is InChI=1S/C11H12F2O/c1-7-4-10(12)9(11(13)5-7)3-8(2)6-14/h4-6,8H,3H2,1-2H3. The van der Waals surface area contributed by atoms with Crippen LogP contribution in [0.4, 0.5) is 8.78 Å². The summed E-state index contributed by atoms with van der Waals surface area (Å²) >= 11 is 0. The Labute approximate surface area is 81.7 Å². The molecule has 0 saturated heterocycles. The van der Waals surface area contributed by atoms with Gasteiger partial charge in [-0.2, -0.15) is 0 Å². The number of halogens is 2. The van der Waals surface area contributed by atoms with Crippen LogP contribution in [-0.2, 0) is 11.2 Å². The number of carbonyl (C=O) groups is 1. The minimum atomic E-state index is -0.573. The van der Waals surface area contributed by atoms with E-state index in [1.165, 1.54) is 12.1 Å². The molecule has 0 aliphatic rings. The summed E-state index contributed by atoms with van der Waals surface area (Å²) in [7, 11) is 0. The molecule has 1 aromatic carbocycles. The summed E-state index contributed by atoms with van der Waals surface area (Å²) in [4.78, 5) is 10.4. The summed E-state index contributed by atoms with van der Waals surface area (Å²) in [5.74, 6) is -1.51. The highest BCUT2D eigenvalue weighted by Gasteiger charge is 2.12. The lowest BCUT2D eigenvalue weighted by atomic mass is 10.0. The molecule has 0 amide bonds. The zero-order chi connectivity index (χ0) is 10.7. The quantitative estimate of drug-likeness (QED) is 0.682. The summed E-state index contributed by atoms with van der Waals surface area (Å²) in [5, 5.41) is 0. The minimum absolute atomic E-state index is 0.00444. The van der Waals surface area contributed by atoms with Crippen molar-refractivity contribution in [3.63, 3.8) is 0 Å². The van der Waals surface area contributed by atoms with Gasteiger partial charge in [-0.15, -0.1) is 0 Å². The second-order valence-corrected chi connectivity index (χ2v) is 3.52. The lowest BCUT2D eigenvalue weighted by Gasteiger charge is -2.07. The van der Waals surface area contributed by atoms with Crippen LogP contribution in [0.1, 0.15) is 18.1 Å². The highest BCUT2D eigenvalue weighted by Crippen LogP contribution is 2.17. The Kier molecular flexibility index (Phi) is 3.33. The van der Waals surface area contributed by atoms with E-state index in [0.717, 1.165) is 0 Å². The molecule has 0 spiro atoms. The highest BCUT2D eigenvalue weighted by molar-refractivity contribution is 5.53. The van der Waals surface area contributed by atoms with E-state index in [-0.39, 0.29) is 17.9 Å². The van der Waals surface area contributed by atoms with Gasteiger partial charge in [0.15, 0.2) is 0 Å². The first-order valence-electron chi connectivity index (χ1n) is 4.44. The van der Waals surface area contributed by atoms with E-state index < -0.39 is 11.6 Å². The Bertz CT molecular complexity index is 324. The van der Waals surface area contributed by atoms with Crippen molar-refractivity contribution < 1.29 is 13.6 Å². The molecule has 3 heteroatoms. The van der Waals surface area contributed by atoms with Crippen LogP contribution in [-0.4, -0.2) is 6.29 Å². The summed E-state index contributed by atoms with van der Waals surface area (Å²) in [6.07, 6.45) is 0.806. The normalized spacial score (nSPS) is 12.6. The first kappa shape index (κ1) is 10.8. The van der Waals surface area contributed by atoms with Crippen LogP contribution < -0.4 is 0 Å². The van der Waals surface area contributed by atoms with Gasteiger partial charge in [-0.3, -0.25) is 0 Å². The molecule has 0 aromatic heterocycles. The maximum Gasteiger partial charge on any atom is 0.129 e. The third-order valence-electron chi connectivity index (χ3n) is 2.04. The molecule has 76 valence electrons. The van der Waals surface area contributed by atoms with Gasteiger partial charge < -0.3 is 4.79 Å². The summed E-state index contributed by atoms with van der Waals surface area (Å²) < 4.78 is 26.5. The lowest BCUT2D eigenvalue weighted by molar-refractivity contribution is -0.110. The molecule has 1 aromatic rings. The molecule has 0 N–H and O–H groups in total. The predicted molar refractivity (Wildman–Crippen MR) is 50.0 cm³/mol. The second kappa shape index (κ2) is 4.31. The molecular formula is C11H12F2O. The van der Waals surface area contributed by atoms with E-state index >= 15 is 0 Å². The number of rotatable bonds is 3. The van der Waals surface area contributed by atoms with E-state index in [9.17, 15) is 13.6 Å². The molecule has 0 radical (unpaired) electrons. The zero-order valence-electron chi connectivity index (χ0n) is 8.18. The monoisotopic (exact) mass is 198 g/mol. The van der Waals surface area contributed by atoms with Gasteiger partial charge in [0, 0.05) is 11.5 Å². The van der Waals surface area contributed by atoms with Crippen molar-refractivity contribution >= 4 is 6.29 Å². The molecule has 1 nitrogen and oxygen atoms in total. The Morgan fingerprint density at radius 3 is 2.29 bits per heavy atom. The van der Waals surface area contributed by atoms with Crippen molar-refractivity contribution in [3.05, 3.63) is 34.9 Å². The molecule has 0 bridgehead atoms. The van der Waals surface area contributed by atoms with E-state index in [4.69, 9.17) is 0 Å². The van der Waals surface area contributed by atoms with Gasteiger partial charge in [0.2, 0.25) is 0 Å². The Hall–Kier alpha value is -1.25. The van der Waals surface area contributed by atoms with Gasteiger partial charge in [0.05, 0.1) is 0 Å². The maximum atomic E-state index is 13.3. The summed E-state index contributed by atoms with van der Waals surface area (Å²) in [5.41, 5.74) is 0.540. The second-order valence-electron chi connectivity index (χ2n) is 3.52. The van der Waals surface area contributed by atoms with Gasteiger partial charge >= 0.3 is 0 Å². The summed E-state index contributed by atoms with van der Waals surface area (Å²) in [6, 6.07) is 2.55. The third-order valence-corrected chi connectivity index (χ3v) is 2.04. The van der Waals surface area contributed by atoms with Crippen LogP contribution in [0.15, 0.2) is 12.1 Å². The fraction of sp³-hybridized carbons (Fsp3) is 0.364. The Morgan fingerprint density at radius 2 is 1.86 bits per heavy atom. The first-order valence-corrected chi connectivity index (χ1v) is 4.44. The molecule has 0 heterocycles. The molecule has 0 aliphatic heterocycles. The van der Waals surface area contributed by atoms with Gasteiger partial charge in [0.1, 0.15) is 17.9 Å². The Morgan fingerprint density at radius 1 is 1.36 bits per heavy atom. The number of aldehydes is 1. The van der Waals surface area contributed by atoms with Gasteiger partial charge in [-0.25, -0.2) is 8.78 Å². The highest BCUT2D eigenvalue weighted by atomic mass is 19.1. The number of hydrogen-bond donors (Lipinski definition) is 0. The van der Waals surface area contributed by atoms with Crippen LogP contribution in [0.2, 0.25) is 0 Å². The number of benzene rings is 1. The van der Waals surface area contributed by atoms with E-state index in [1.54, 1.807) is 13.8 Å². The van der Waals surface area contributed by atoms with Crippen molar-refractivity contribution in [2.45, 2.75) is 20.3 Å². The van der Waals surface area contributed by atoms with Crippen molar-refractivity contribution in [1.29, 1.82) is 0 Å². The van der Waals surface area contributed by atoms with Gasteiger partial charge in [-0.1, -0.05) is 6.92 Å². The van der Waals surface area contributed by atoms with Crippen molar-refractivity contribution in [2.24, 2.45) is 5.92 Å². The smallest absolute Gasteiger partial charge is 0.129 e. The van der Waals surface area contributed by atoms with E-state index in [1.807, 2.05) is 0 Å². The number of aryl methyl sites for hydroxylation is 1. The fourth-order valence-corrected chi connectivity index (χ4v) is 1.29. The van der Waals surface area contributed by atoms with Crippen molar-refractivity contribution in [2.75, 3.05) is 0 Å². The zero-order valence-corrected chi connectivity index (χ0v) is 8.18. The lowest BCUT2D eigenvalue weighted by Crippen LogP contribution is -2.05. The molecule has 14 heavy (non-hydrogen) atoms. The van der Waals surface area contributed by atoms with E-state index in [2.05, 4.69) is 0 Å². The van der Waals surface area contributed by atoms with Crippen LogP contribution in [0.25, 0.3) is 0 Å². The first-order chi connectivity index (χ1) is 6.54. The van der Waals surface area contributed by atoms with Gasteiger partial charge in [0.25, 0.3) is 0 Å². The van der Waals surface area contributed by atoms with Crippen LogP contribution in [0, 0.1) is 24.5 Å². The van der Waals surface area contributed by atoms with E-state index in [0.29, 0.717) is 11.8 Å². The predicted octanol–water partition coefficient (Wildman–Crippen LogP) is 2.65. The SMILES string of the molecule is Cc1cc(F)c(CC(C)C=O)c(F)c1. The number of carbonyl (C=O) groups excluding carboxylic acids is 1. The maximum absolute atomic E-state index is 13.3. The molecule has 0 saturated carbocycles. The molecule has 1 rings (SSSR count). The molecule has 0 aliphatic carbocycles. The van der Waals surface area contributed by atoms with Crippen molar-refractivity contribution in [3.8, 4) is 0 Å². The van der Waals surface area contributed by atoms with Crippen molar-refractivity contribution in [1.82, 2.24) is 0 Å².